The number of anilines is 1. The molecule has 0 saturated heterocycles. The third-order valence-electron chi connectivity index (χ3n) is 5.17. The molecule has 1 saturated carbocycles. The van der Waals surface area contributed by atoms with E-state index < -0.39 is 22.1 Å². The van der Waals surface area contributed by atoms with E-state index in [1.807, 2.05) is 5.38 Å². The van der Waals surface area contributed by atoms with Crippen molar-refractivity contribution in [1.82, 2.24) is 9.71 Å². The van der Waals surface area contributed by atoms with Gasteiger partial charge in [-0.2, -0.15) is 0 Å². The molecule has 1 fully saturated rings. The number of carbonyl (C=O) groups is 2. The fraction of sp³-hybridized carbons (Fsp3) is 0.476. The number of carbonyl (C=O) groups excluding carboxylic acids is 2. The van der Waals surface area contributed by atoms with Crippen LogP contribution in [0.5, 0.6) is 0 Å². The molecule has 3 rings (SSSR count). The minimum atomic E-state index is -3.61. The molecule has 0 spiro atoms. The van der Waals surface area contributed by atoms with E-state index in [2.05, 4.69) is 9.71 Å². The lowest BCUT2D eigenvalue weighted by atomic mass is 9.94. The van der Waals surface area contributed by atoms with Crippen molar-refractivity contribution < 1.29 is 22.7 Å². The Morgan fingerprint density at radius 1 is 1.23 bits per heavy atom. The minimum absolute atomic E-state index is 0.0455. The van der Waals surface area contributed by atoms with Crippen LogP contribution in [0, 0.1) is 0 Å². The first-order chi connectivity index (χ1) is 14.8. The molecule has 1 aromatic heterocycles. The molecule has 1 atom stereocenters. The van der Waals surface area contributed by atoms with Crippen molar-refractivity contribution in [3.63, 3.8) is 0 Å². The summed E-state index contributed by atoms with van der Waals surface area (Å²) in [4.78, 5) is 31.8. The fourth-order valence-electron chi connectivity index (χ4n) is 3.62. The van der Waals surface area contributed by atoms with Gasteiger partial charge in [0.2, 0.25) is 10.0 Å². The number of hydrogen-bond donors (Lipinski definition) is 1. The van der Waals surface area contributed by atoms with Gasteiger partial charge in [-0.05, 0) is 44.0 Å². The van der Waals surface area contributed by atoms with Crippen molar-refractivity contribution >= 4 is 38.4 Å². The van der Waals surface area contributed by atoms with Crippen LogP contribution in [0.4, 0.5) is 5.13 Å². The molecule has 0 radical (unpaired) electrons. The molecule has 8 nitrogen and oxygen atoms in total. The number of nitrogens with zero attached hydrogens (tertiary/aromatic N) is 2. The Bertz CT molecular complexity index is 985. The topological polar surface area (TPSA) is 106 Å². The van der Waals surface area contributed by atoms with Gasteiger partial charge in [-0.25, -0.2) is 22.9 Å². The third kappa shape index (κ3) is 5.69. The zero-order chi connectivity index (χ0) is 22.4. The van der Waals surface area contributed by atoms with Crippen LogP contribution in [0.2, 0.25) is 0 Å². The molecule has 1 aromatic carbocycles. The maximum Gasteiger partial charge on any atom is 0.338 e. The second-order valence-corrected chi connectivity index (χ2v) is 10.0. The summed E-state index contributed by atoms with van der Waals surface area (Å²) in [6.07, 6.45) is 5.71. The van der Waals surface area contributed by atoms with Crippen LogP contribution in [-0.2, 0) is 19.6 Å². The number of amides is 1. The highest BCUT2D eigenvalue weighted by Crippen LogP contribution is 2.29. The minimum Gasteiger partial charge on any atom is -0.449 e. The second-order valence-electron chi connectivity index (χ2n) is 7.39. The Morgan fingerprint density at radius 2 is 1.90 bits per heavy atom. The van der Waals surface area contributed by atoms with Gasteiger partial charge in [0.1, 0.15) is 0 Å². The Balaban J connectivity index is 1.71. The average molecular weight is 466 g/mol. The first-order valence-electron chi connectivity index (χ1n) is 10.4. The summed E-state index contributed by atoms with van der Waals surface area (Å²) in [5.74, 6) is -0.988. The number of aromatic nitrogens is 1. The normalized spacial score (nSPS) is 15.9. The summed E-state index contributed by atoms with van der Waals surface area (Å²) in [5, 5.41) is 2.43. The molecule has 0 aliphatic heterocycles. The Kier molecular flexibility index (Phi) is 7.79. The van der Waals surface area contributed by atoms with Crippen molar-refractivity contribution in [3.8, 4) is 0 Å². The zero-order valence-electron chi connectivity index (χ0n) is 17.6. The van der Waals surface area contributed by atoms with Gasteiger partial charge in [0.05, 0.1) is 10.5 Å². The largest absolute Gasteiger partial charge is 0.449 e. The molecule has 10 heteroatoms. The van der Waals surface area contributed by atoms with Gasteiger partial charge < -0.3 is 4.74 Å². The van der Waals surface area contributed by atoms with Gasteiger partial charge in [0, 0.05) is 24.2 Å². The molecular formula is C21H27N3O5S2. The van der Waals surface area contributed by atoms with E-state index in [0.717, 1.165) is 32.1 Å². The van der Waals surface area contributed by atoms with Crippen LogP contribution in [0.3, 0.4) is 0 Å². The highest BCUT2D eigenvalue weighted by Gasteiger charge is 2.33. The summed E-state index contributed by atoms with van der Waals surface area (Å²) >= 11 is 1.38. The number of benzene rings is 1. The molecule has 1 amide bonds. The summed E-state index contributed by atoms with van der Waals surface area (Å²) in [6, 6.07) is 5.48. The molecule has 1 heterocycles. The second kappa shape index (κ2) is 10.3. The van der Waals surface area contributed by atoms with Gasteiger partial charge in [-0.3, -0.25) is 9.69 Å². The van der Waals surface area contributed by atoms with E-state index in [4.69, 9.17) is 4.74 Å². The molecule has 0 bridgehead atoms. The van der Waals surface area contributed by atoms with Gasteiger partial charge in [0.15, 0.2) is 11.2 Å². The summed E-state index contributed by atoms with van der Waals surface area (Å²) < 4.78 is 31.9. The first-order valence-corrected chi connectivity index (χ1v) is 12.7. The van der Waals surface area contributed by atoms with Crippen LogP contribution in [-0.4, -0.2) is 44.0 Å². The van der Waals surface area contributed by atoms with Gasteiger partial charge >= 0.3 is 5.97 Å². The van der Waals surface area contributed by atoms with Crippen molar-refractivity contribution in [3.05, 3.63) is 41.4 Å². The Morgan fingerprint density at radius 3 is 2.48 bits per heavy atom. The fourth-order valence-corrected chi connectivity index (χ4v) is 5.38. The predicted molar refractivity (Wildman–Crippen MR) is 119 cm³/mol. The maximum atomic E-state index is 13.2. The lowest BCUT2D eigenvalue weighted by Crippen LogP contribution is -2.47. The average Bonchev–Trinajstić information content (AvgIpc) is 3.29. The van der Waals surface area contributed by atoms with Crippen LogP contribution >= 0.6 is 11.3 Å². The first kappa shape index (κ1) is 23.4. The molecule has 168 valence electrons. The van der Waals surface area contributed by atoms with Crippen LogP contribution in [0.15, 0.2) is 40.7 Å². The smallest absolute Gasteiger partial charge is 0.338 e. The Labute approximate surface area is 186 Å². The number of ether oxygens (including phenoxy) is 1. The summed E-state index contributed by atoms with van der Waals surface area (Å²) in [6.45, 7) is 3.50. The van der Waals surface area contributed by atoms with E-state index in [0.29, 0.717) is 5.13 Å². The number of thiazole rings is 1. The standard InChI is InChI=1S/C21H27N3O5S2/c1-3-23-31(27,28)18-11-9-16(10-12-18)20(26)29-15(2)19(25)24(21-22-13-14-30-21)17-7-5-4-6-8-17/h9-15,17,23H,3-8H2,1-2H3. The molecule has 1 aliphatic carbocycles. The highest BCUT2D eigenvalue weighted by atomic mass is 32.2. The number of hydrogen-bond acceptors (Lipinski definition) is 7. The summed E-state index contributed by atoms with van der Waals surface area (Å²) in [7, 11) is -3.61. The lowest BCUT2D eigenvalue weighted by molar-refractivity contribution is -0.127. The Hall–Kier alpha value is -2.30. The maximum absolute atomic E-state index is 13.2. The lowest BCUT2D eigenvalue weighted by Gasteiger charge is -2.33. The van der Waals surface area contributed by atoms with Crippen molar-refractivity contribution in [2.75, 3.05) is 11.4 Å². The molecule has 1 aliphatic rings. The number of nitrogens with one attached hydrogen (secondary N) is 1. The quantitative estimate of drug-likeness (QED) is 0.600. The van der Waals surface area contributed by atoms with Gasteiger partial charge in [-0.1, -0.05) is 26.2 Å². The zero-order valence-corrected chi connectivity index (χ0v) is 19.2. The SMILES string of the molecule is CCNS(=O)(=O)c1ccc(C(=O)OC(C)C(=O)N(c2nccs2)C2CCCCC2)cc1. The predicted octanol–water partition coefficient (Wildman–Crippen LogP) is 3.35. The molecule has 2 aromatic rings. The van der Waals surface area contributed by atoms with Crippen molar-refractivity contribution in [2.45, 2.75) is 63.0 Å². The van der Waals surface area contributed by atoms with Crippen LogP contribution < -0.4 is 9.62 Å². The number of esters is 1. The van der Waals surface area contributed by atoms with Gasteiger partial charge in [-0.15, -0.1) is 11.3 Å². The molecule has 1 N–H and O–H groups in total. The van der Waals surface area contributed by atoms with E-state index >= 15 is 0 Å². The molecular weight excluding hydrogens is 438 g/mol. The monoisotopic (exact) mass is 465 g/mol. The molecule has 1 unspecified atom stereocenters. The van der Waals surface area contributed by atoms with Gasteiger partial charge in [0.25, 0.3) is 5.91 Å². The van der Waals surface area contributed by atoms with Crippen molar-refractivity contribution in [1.29, 1.82) is 0 Å². The van der Waals surface area contributed by atoms with E-state index in [-0.39, 0.29) is 29.0 Å². The van der Waals surface area contributed by atoms with E-state index in [1.165, 1.54) is 35.6 Å². The molecule has 31 heavy (non-hydrogen) atoms. The third-order valence-corrected chi connectivity index (χ3v) is 7.50. The van der Waals surface area contributed by atoms with Crippen molar-refractivity contribution in [2.24, 2.45) is 0 Å². The van der Waals surface area contributed by atoms with Crippen LogP contribution in [0.25, 0.3) is 0 Å². The number of rotatable bonds is 8. The van der Waals surface area contributed by atoms with E-state index in [9.17, 15) is 18.0 Å². The highest BCUT2D eigenvalue weighted by molar-refractivity contribution is 7.89. The number of sulfonamides is 1. The van der Waals surface area contributed by atoms with Crippen LogP contribution in [0.1, 0.15) is 56.3 Å². The summed E-state index contributed by atoms with van der Waals surface area (Å²) in [5.41, 5.74) is 0.175. The van der Waals surface area contributed by atoms with E-state index in [1.54, 1.807) is 24.9 Å².